The van der Waals surface area contributed by atoms with Gasteiger partial charge in [0, 0.05) is 11.6 Å². The molecule has 0 aliphatic heterocycles. The minimum Gasteiger partial charge on any atom is -0.354 e. The standard InChI is InChI=1S/C12H15NO3/c1-2-15-16-6-9-4-8-3-7-5-10(7)12(14)11(8)13-9/h4,7,10,13H,2-3,5-6H2,1H3/t7-,10?/m1/s1. The number of carbonyl (C=O) groups excluding carboxylic acids is 1. The lowest BCUT2D eigenvalue weighted by Gasteiger charge is -2.07. The molecule has 0 saturated heterocycles. The third-order valence-corrected chi connectivity index (χ3v) is 3.36. The maximum atomic E-state index is 11.9. The van der Waals surface area contributed by atoms with E-state index in [-0.39, 0.29) is 5.78 Å². The molecule has 1 saturated carbocycles. The van der Waals surface area contributed by atoms with Crippen molar-refractivity contribution < 1.29 is 14.6 Å². The molecule has 1 unspecified atom stereocenters. The first-order valence-electron chi connectivity index (χ1n) is 5.79. The first-order chi connectivity index (χ1) is 7.79. The minimum atomic E-state index is 0.286. The Balaban J connectivity index is 1.74. The minimum absolute atomic E-state index is 0.286. The van der Waals surface area contributed by atoms with E-state index in [2.05, 4.69) is 4.98 Å². The predicted octanol–water partition coefficient (Wildman–Crippen LogP) is 1.86. The third kappa shape index (κ3) is 1.58. The number of rotatable bonds is 4. The summed E-state index contributed by atoms with van der Waals surface area (Å²) in [7, 11) is 0. The van der Waals surface area contributed by atoms with Gasteiger partial charge in [0.2, 0.25) is 0 Å². The Morgan fingerprint density at radius 3 is 3.19 bits per heavy atom. The summed E-state index contributed by atoms with van der Waals surface area (Å²) >= 11 is 0. The number of H-pyrrole nitrogens is 1. The summed E-state index contributed by atoms with van der Waals surface area (Å²) in [5.41, 5.74) is 2.88. The van der Waals surface area contributed by atoms with Crippen molar-refractivity contribution in [3.8, 4) is 0 Å². The van der Waals surface area contributed by atoms with Crippen LogP contribution in [0.15, 0.2) is 6.07 Å². The van der Waals surface area contributed by atoms with Crippen LogP contribution in [-0.2, 0) is 22.8 Å². The van der Waals surface area contributed by atoms with Crippen molar-refractivity contribution >= 4 is 5.78 Å². The Morgan fingerprint density at radius 2 is 2.38 bits per heavy atom. The largest absolute Gasteiger partial charge is 0.354 e. The zero-order valence-electron chi connectivity index (χ0n) is 9.29. The van der Waals surface area contributed by atoms with Crippen LogP contribution in [0.25, 0.3) is 0 Å². The molecule has 1 aromatic rings. The number of hydrogen-bond acceptors (Lipinski definition) is 3. The number of fused-ring (bicyclic) bond motifs is 2. The van der Waals surface area contributed by atoms with Gasteiger partial charge in [-0.2, -0.15) is 0 Å². The molecule has 2 aliphatic rings. The molecule has 0 radical (unpaired) electrons. The molecular formula is C12H15NO3. The number of ketones is 1. The van der Waals surface area contributed by atoms with Crippen molar-refractivity contribution in [3.63, 3.8) is 0 Å². The summed E-state index contributed by atoms with van der Waals surface area (Å²) in [5, 5.41) is 0. The quantitative estimate of drug-likeness (QED) is 0.479. The summed E-state index contributed by atoms with van der Waals surface area (Å²) in [5.74, 6) is 1.19. The van der Waals surface area contributed by atoms with E-state index in [1.165, 1.54) is 0 Å². The van der Waals surface area contributed by atoms with E-state index < -0.39 is 0 Å². The number of hydrogen-bond donors (Lipinski definition) is 1. The lowest BCUT2D eigenvalue weighted by atomic mass is 9.97. The van der Waals surface area contributed by atoms with Crippen molar-refractivity contribution in [2.24, 2.45) is 11.8 Å². The van der Waals surface area contributed by atoms with Gasteiger partial charge in [0.25, 0.3) is 0 Å². The highest BCUT2D eigenvalue weighted by atomic mass is 17.2. The van der Waals surface area contributed by atoms with Crippen molar-refractivity contribution in [2.75, 3.05) is 6.61 Å². The van der Waals surface area contributed by atoms with Crippen LogP contribution in [-0.4, -0.2) is 17.4 Å². The summed E-state index contributed by atoms with van der Waals surface area (Å²) in [6.07, 6.45) is 2.11. The van der Waals surface area contributed by atoms with E-state index in [0.717, 1.165) is 29.8 Å². The maximum Gasteiger partial charge on any atom is 0.182 e. The third-order valence-electron chi connectivity index (χ3n) is 3.36. The number of nitrogens with one attached hydrogen (secondary N) is 1. The van der Waals surface area contributed by atoms with Crippen molar-refractivity contribution in [1.29, 1.82) is 0 Å². The summed E-state index contributed by atoms with van der Waals surface area (Å²) in [4.78, 5) is 24.8. The molecule has 1 N–H and O–H groups in total. The number of aromatic amines is 1. The highest BCUT2D eigenvalue weighted by Gasteiger charge is 2.47. The first-order valence-corrected chi connectivity index (χ1v) is 5.79. The van der Waals surface area contributed by atoms with Crippen molar-refractivity contribution in [2.45, 2.75) is 26.4 Å². The summed E-state index contributed by atoms with van der Waals surface area (Å²) in [6, 6.07) is 2.03. The molecule has 0 amide bonds. The highest BCUT2D eigenvalue weighted by Crippen LogP contribution is 2.47. The fourth-order valence-corrected chi connectivity index (χ4v) is 2.47. The molecule has 16 heavy (non-hydrogen) atoms. The molecule has 4 nitrogen and oxygen atoms in total. The van der Waals surface area contributed by atoms with Gasteiger partial charge in [0.05, 0.1) is 12.3 Å². The average molecular weight is 221 g/mol. The molecule has 1 aromatic heterocycles. The van der Waals surface area contributed by atoms with Crippen LogP contribution in [0.2, 0.25) is 0 Å². The van der Waals surface area contributed by atoms with Crippen LogP contribution in [0.1, 0.15) is 35.1 Å². The number of carbonyl (C=O) groups is 1. The first kappa shape index (κ1) is 10.1. The molecule has 0 spiro atoms. The second-order valence-electron chi connectivity index (χ2n) is 4.53. The van der Waals surface area contributed by atoms with Gasteiger partial charge < -0.3 is 4.98 Å². The molecule has 1 fully saturated rings. The van der Waals surface area contributed by atoms with E-state index in [4.69, 9.17) is 9.78 Å². The molecule has 4 heteroatoms. The van der Waals surface area contributed by atoms with Crippen molar-refractivity contribution in [3.05, 3.63) is 23.0 Å². The van der Waals surface area contributed by atoms with Gasteiger partial charge in [-0.1, -0.05) is 0 Å². The summed E-state index contributed by atoms with van der Waals surface area (Å²) < 4.78 is 0. The summed E-state index contributed by atoms with van der Waals surface area (Å²) in [6.45, 7) is 2.78. The van der Waals surface area contributed by atoms with Crippen LogP contribution in [0, 0.1) is 11.8 Å². The lowest BCUT2D eigenvalue weighted by Crippen LogP contribution is -2.13. The number of Topliss-reactive ketones (excluding diaryl/α,β-unsaturated/α-hetero) is 1. The smallest absolute Gasteiger partial charge is 0.182 e. The Kier molecular flexibility index (Phi) is 2.33. The van der Waals surface area contributed by atoms with Crippen LogP contribution in [0.3, 0.4) is 0 Å². The van der Waals surface area contributed by atoms with Crippen LogP contribution >= 0.6 is 0 Å². The maximum absolute atomic E-state index is 11.9. The van der Waals surface area contributed by atoms with Gasteiger partial charge >= 0.3 is 0 Å². The predicted molar refractivity (Wildman–Crippen MR) is 56.8 cm³/mol. The molecule has 86 valence electrons. The Hall–Kier alpha value is -1.13. The molecule has 0 aromatic carbocycles. The van der Waals surface area contributed by atoms with Gasteiger partial charge in [0.15, 0.2) is 5.78 Å². The van der Waals surface area contributed by atoms with Gasteiger partial charge in [0.1, 0.15) is 6.61 Å². The fraction of sp³-hybridized carbons (Fsp3) is 0.583. The van der Waals surface area contributed by atoms with Crippen LogP contribution < -0.4 is 0 Å². The second kappa shape index (κ2) is 3.71. The van der Waals surface area contributed by atoms with Crippen LogP contribution in [0.5, 0.6) is 0 Å². The SMILES string of the molecule is CCOOCc1cc2c([nH]1)C(=O)C1C[C@H]1C2. The molecule has 2 aliphatic carbocycles. The zero-order valence-corrected chi connectivity index (χ0v) is 9.29. The van der Waals surface area contributed by atoms with Crippen molar-refractivity contribution in [1.82, 2.24) is 4.98 Å². The molecular weight excluding hydrogens is 206 g/mol. The van der Waals surface area contributed by atoms with E-state index in [0.29, 0.717) is 25.0 Å². The second-order valence-corrected chi connectivity index (χ2v) is 4.53. The normalized spacial score (nSPS) is 26.4. The van der Waals surface area contributed by atoms with E-state index in [1.807, 2.05) is 13.0 Å². The molecule has 1 heterocycles. The Bertz CT molecular complexity index is 424. The van der Waals surface area contributed by atoms with E-state index >= 15 is 0 Å². The molecule has 0 bridgehead atoms. The van der Waals surface area contributed by atoms with E-state index in [9.17, 15) is 4.79 Å². The Labute approximate surface area is 93.9 Å². The molecule has 2 atom stereocenters. The average Bonchev–Trinajstić information content (AvgIpc) is 2.92. The van der Waals surface area contributed by atoms with Gasteiger partial charge in [-0.05, 0) is 37.3 Å². The van der Waals surface area contributed by atoms with Gasteiger partial charge in [-0.15, -0.1) is 0 Å². The van der Waals surface area contributed by atoms with E-state index in [1.54, 1.807) is 0 Å². The fourth-order valence-electron chi connectivity index (χ4n) is 2.47. The highest BCUT2D eigenvalue weighted by molar-refractivity contribution is 6.00. The lowest BCUT2D eigenvalue weighted by molar-refractivity contribution is -0.301. The number of aromatic nitrogens is 1. The van der Waals surface area contributed by atoms with Crippen LogP contribution in [0.4, 0.5) is 0 Å². The Morgan fingerprint density at radius 1 is 1.50 bits per heavy atom. The topological polar surface area (TPSA) is 51.3 Å². The van der Waals surface area contributed by atoms with Gasteiger partial charge in [-0.25, -0.2) is 9.78 Å². The van der Waals surface area contributed by atoms with Gasteiger partial charge in [-0.3, -0.25) is 4.79 Å². The molecule has 3 rings (SSSR count). The monoisotopic (exact) mass is 221 g/mol. The zero-order chi connectivity index (χ0) is 11.1.